The lowest BCUT2D eigenvalue weighted by Gasteiger charge is -2.33. The van der Waals surface area contributed by atoms with Gasteiger partial charge in [-0.25, -0.2) is 9.37 Å². The Kier molecular flexibility index (Phi) is 5.63. The molecule has 1 unspecified atom stereocenters. The van der Waals surface area contributed by atoms with Crippen molar-refractivity contribution in [2.24, 2.45) is 5.92 Å². The second kappa shape index (κ2) is 8.48. The molecule has 1 aromatic carbocycles. The molecule has 142 valence electrons. The van der Waals surface area contributed by atoms with Crippen molar-refractivity contribution in [1.82, 2.24) is 15.3 Å². The van der Waals surface area contributed by atoms with Gasteiger partial charge < -0.3 is 15.0 Å². The van der Waals surface area contributed by atoms with Crippen LogP contribution in [0.25, 0.3) is 5.57 Å². The third-order valence-corrected chi connectivity index (χ3v) is 5.17. The number of rotatable bonds is 5. The van der Waals surface area contributed by atoms with Gasteiger partial charge in [0.25, 0.3) is 0 Å². The summed E-state index contributed by atoms with van der Waals surface area (Å²) in [6, 6.07) is 6.58. The zero-order valence-corrected chi connectivity index (χ0v) is 15.4. The van der Waals surface area contributed by atoms with Gasteiger partial charge in [0, 0.05) is 25.6 Å². The van der Waals surface area contributed by atoms with Gasteiger partial charge in [0.15, 0.2) is 11.6 Å². The minimum absolute atomic E-state index is 0.307. The number of aromatic nitrogens is 2. The molecule has 2 aliphatic rings. The van der Waals surface area contributed by atoms with Crippen molar-refractivity contribution < 1.29 is 9.13 Å². The third-order valence-electron chi connectivity index (χ3n) is 5.17. The van der Waals surface area contributed by atoms with Crippen LogP contribution in [0.3, 0.4) is 0 Å². The summed E-state index contributed by atoms with van der Waals surface area (Å²) in [5.74, 6) is 1.29. The zero-order valence-electron chi connectivity index (χ0n) is 15.4. The van der Waals surface area contributed by atoms with E-state index in [1.54, 1.807) is 18.2 Å². The Hall–Kier alpha value is -2.47. The van der Waals surface area contributed by atoms with E-state index in [-0.39, 0.29) is 5.82 Å². The first-order valence-electron chi connectivity index (χ1n) is 9.64. The van der Waals surface area contributed by atoms with E-state index in [1.807, 2.05) is 12.4 Å². The fourth-order valence-corrected chi connectivity index (χ4v) is 3.70. The summed E-state index contributed by atoms with van der Waals surface area (Å²) in [4.78, 5) is 11.5. The molecule has 3 heterocycles. The van der Waals surface area contributed by atoms with Crippen molar-refractivity contribution in [3.63, 3.8) is 0 Å². The SMILES string of the molecule is Fc1ccccc1OCC1CCCN(c2cncc(C3=CCNCC3)n2)C1. The largest absolute Gasteiger partial charge is 0.490 e. The monoisotopic (exact) mass is 368 g/mol. The Balaban J connectivity index is 1.41. The van der Waals surface area contributed by atoms with E-state index < -0.39 is 0 Å². The van der Waals surface area contributed by atoms with E-state index in [2.05, 4.69) is 21.3 Å². The van der Waals surface area contributed by atoms with Crippen molar-refractivity contribution >= 4 is 11.4 Å². The molecular weight excluding hydrogens is 343 g/mol. The van der Waals surface area contributed by atoms with E-state index in [0.29, 0.717) is 18.3 Å². The van der Waals surface area contributed by atoms with Crippen LogP contribution in [0.5, 0.6) is 5.75 Å². The highest BCUT2D eigenvalue weighted by atomic mass is 19.1. The van der Waals surface area contributed by atoms with Gasteiger partial charge in [-0.3, -0.25) is 4.98 Å². The standard InChI is InChI=1S/C21H25FN4O/c22-18-5-1-2-6-20(18)27-15-16-4-3-11-26(14-16)21-13-24-12-19(25-21)17-7-9-23-10-8-17/h1-2,5-7,12-13,16,23H,3-4,8-11,14-15H2. The molecule has 0 saturated carbocycles. The minimum atomic E-state index is -0.307. The summed E-state index contributed by atoms with van der Waals surface area (Å²) in [5, 5.41) is 3.32. The molecule has 1 saturated heterocycles. The molecule has 6 heteroatoms. The number of nitrogens with zero attached hydrogens (tertiary/aromatic N) is 3. The molecule has 27 heavy (non-hydrogen) atoms. The lowest BCUT2D eigenvalue weighted by atomic mass is 9.99. The van der Waals surface area contributed by atoms with Crippen LogP contribution in [0.15, 0.2) is 42.7 Å². The van der Waals surface area contributed by atoms with Crippen molar-refractivity contribution in [2.75, 3.05) is 37.7 Å². The summed E-state index contributed by atoms with van der Waals surface area (Å²) in [7, 11) is 0. The van der Waals surface area contributed by atoms with Crippen LogP contribution in [0.2, 0.25) is 0 Å². The number of nitrogens with one attached hydrogen (secondary N) is 1. The van der Waals surface area contributed by atoms with E-state index in [0.717, 1.165) is 57.0 Å². The van der Waals surface area contributed by atoms with Crippen LogP contribution in [0.4, 0.5) is 10.2 Å². The number of anilines is 1. The average Bonchev–Trinajstić information content (AvgIpc) is 2.74. The van der Waals surface area contributed by atoms with Gasteiger partial charge in [-0.2, -0.15) is 0 Å². The highest BCUT2D eigenvalue weighted by Gasteiger charge is 2.22. The fourth-order valence-electron chi connectivity index (χ4n) is 3.70. The molecule has 1 fully saturated rings. The van der Waals surface area contributed by atoms with Gasteiger partial charge >= 0.3 is 0 Å². The summed E-state index contributed by atoms with van der Waals surface area (Å²) >= 11 is 0. The summed E-state index contributed by atoms with van der Waals surface area (Å²) in [6.45, 7) is 4.21. The number of benzene rings is 1. The molecule has 0 radical (unpaired) electrons. The number of hydrogen-bond donors (Lipinski definition) is 1. The predicted molar refractivity (Wildman–Crippen MR) is 104 cm³/mol. The van der Waals surface area contributed by atoms with Crippen molar-refractivity contribution in [3.8, 4) is 5.75 Å². The molecule has 5 nitrogen and oxygen atoms in total. The molecule has 1 atom stereocenters. The molecule has 0 spiro atoms. The molecular formula is C21H25FN4O. The summed E-state index contributed by atoms with van der Waals surface area (Å²) in [6.07, 6.45) is 9.02. The summed E-state index contributed by atoms with van der Waals surface area (Å²) in [5.41, 5.74) is 2.23. The first-order valence-corrected chi connectivity index (χ1v) is 9.64. The predicted octanol–water partition coefficient (Wildman–Crippen LogP) is 3.29. The minimum Gasteiger partial charge on any atom is -0.490 e. The molecule has 1 N–H and O–H groups in total. The van der Waals surface area contributed by atoms with Crippen LogP contribution in [-0.4, -0.2) is 42.8 Å². The molecule has 0 bridgehead atoms. The Morgan fingerprint density at radius 1 is 1.26 bits per heavy atom. The van der Waals surface area contributed by atoms with Gasteiger partial charge in [-0.15, -0.1) is 0 Å². The average molecular weight is 368 g/mol. The number of hydrogen-bond acceptors (Lipinski definition) is 5. The van der Waals surface area contributed by atoms with Crippen molar-refractivity contribution in [3.05, 3.63) is 54.2 Å². The second-order valence-corrected chi connectivity index (χ2v) is 7.14. The smallest absolute Gasteiger partial charge is 0.165 e. The van der Waals surface area contributed by atoms with Gasteiger partial charge in [0.05, 0.1) is 24.7 Å². The van der Waals surface area contributed by atoms with E-state index in [4.69, 9.17) is 9.72 Å². The van der Waals surface area contributed by atoms with Crippen LogP contribution in [0.1, 0.15) is 25.0 Å². The van der Waals surface area contributed by atoms with Gasteiger partial charge in [-0.1, -0.05) is 18.2 Å². The van der Waals surface area contributed by atoms with Crippen LogP contribution >= 0.6 is 0 Å². The first kappa shape index (κ1) is 17.9. The first-order chi connectivity index (χ1) is 13.3. The van der Waals surface area contributed by atoms with Gasteiger partial charge in [0.2, 0.25) is 0 Å². The maximum absolute atomic E-state index is 13.7. The topological polar surface area (TPSA) is 50.3 Å². The molecule has 0 amide bonds. The number of ether oxygens (including phenoxy) is 1. The van der Waals surface area contributed by atoms with Gasteiger partial charge in [0.1, 0.15) is 5.82 Å². The Morgan fingerprint density at radius 2 is 2.19 bits per heavy atom. The normalized spacial score (nSPS) is 20.3. The van der Waals surface area contributed by atoms with Crippen LogP contribution in [-0.2, 0) is 0 Å². The Morgan fingerprint density at radius 3 is 3.04 bits per heavy atom. The highest BCUT2D eigenvalue weighted by Crippen LogP contribution is 2.25. The maximum Gasteiger partial charge on any atom is 0.165 e. The van der Waals surface area contributed by atoms with Crippen molar-refractivity contribution in [2.45, 2.75) is 19.3 Å². The molecule has 2 aliphatic heterocycles. The maximum atomic E-state index is 13.7. The Labute approximate surface area is 159 Å². The molecule has 4 rings (SSSR count). The zero-order chi connectivity index (χ0) is 18.5. The lowest BCUT2D eigenvalue weighted by molar-refractivity contribution is 0.220. The lowest BCUT2D eigenvalue weighted by Crippen LogP contribution is -2.38. The number of para-hydroxylation sites is 1. The fraction of sp³-hybridized carbons (Fsp3) is 0.429. The van der Waals surface area contributed by atoms with Crippen LogP contribution < -0.4 is 15.0 Å². The highest BCUT2D eigenvalue weighted by molar-refractivity contribution is 5.64. The third kappa shape index (κ3) is 4.45. The van der Waals surface area contributed by atoms with Crippen molar-refractivity contribution in [1.29, 1.82) is 0 Å². The summed E-state index contributed by atoms with van der Waals surface area (Å²) < 4.78 is 19.5. The van der Waals surface area contributed by atoms with E-state index >= 15 is 0 Å². The van der Waals surface area contributed by atoms with E-state index in [1.165, 1.54) is 11.6 Å². The molecule has 2 aromatic rings. The second-order valence-electron chi connectivity index (χ2n) is 7.14. The Bertz CT molecular complexity index is 810. The molecule has 1 aromatic heterocycles. The van der Waals surface area contributed by atoms with Gasteiger partial charge in [-0.05, 0) is 43.5 Å². The van der Waals surface area contributed by atoms with Crippen LogP contribution in [0, 0.1) is 11.7 Å². The number of halogens is 1. The molecule has 0 aliphatic carbocycles. The van der Waals surface area contributed by atoms with E-state index in [9.17, 15) is 4.39 Å². The number of piperidine rings is 1. The quantitative estimate of drug-likeness (QED) is 0.878.